The summed E-state index contributed by atoms with van der Waals surface area (Å²) >= 11 is 0. The summed E-state index contributed by atoms with van der Waals surface area (Å²) in [4.78, 5) is 2.65. The van der Waals surface area contributed by atoms with Gasteiger partial charge in [0.05, 0.1) is 7.11 Å². The van der Waals surface area contributed by atoms with E-state index in [0.29, 0.717) is 12.1 Å². The molecule has 0 aromatic heterocycles. The molecule has 1 fully saturated rings. The molecule has 0 amide bonds. The zero-order valence-electron chi connectivity index (χ0n) is 12.6. The number of methoxy groups -OCH3 is 1. The van der Waals surface area contributed by atoms with Crippen LogP contribution in [-0.4, -0.2) is 30.6 Å². The molecule has 3 atom stereocenters. The Kier molecular flexibility index (Phi) is 3.99. The maximum Gasteiger partial charge on any atom is 0.119 e. The van der Waals surface area contributed by atoms with Crippen molar-refractivity contribution < 1.29 is 4.74 Å². The molecule has 1 saturated heterocycles. The summed E-state index contributed by atoms with van der Waals surface area (Å²) in [5, 5.41) is 0. The summed E-state index contributed by atoms with van der Waals surface area (Å²) in [6.45, 7) is 3.57. The van der Waals surface area contributed by atoms with E-state index >= 15 is 0 Å². The molecule has 20 heavy (non-hydrogen) atoms. The fourth-order valence-corrected chi connectivity index (χ4v) is 3.93. The Hall–Kier alpha value is -1.06. The number of benzene rings is 1. The van der Waals surface area contributed by atoms with Crippen LogP contribution >= 0.6 is 0 Å². The van der Waals surface area contributed by atoms with E-state index in [4.69, 9.17) is 10.5 Å². The van der Waals surface area contributed by atoms with E-state index in [9.17, 15) is 0 Å². The van der Waals surface area contributed by atoms with Gasteiger partial charge in [-0.2, -0.15) is 0 Å². The van der Waals surface area contributed by atoms with Crippen LogP contribution in [0, 0.1) is 0 Å². The van der Waals surface area contributed by atoms with Crippen molar-refractivity contribution >= 4 is 0 Å². The van der Waals surface area contributed by atoms with E-state index in [-0.39, 0.29) is 6.04 Å². The third kappa shape index (κ3) is 2.45. The SMILES string of the molecule is COc1ccc2c(c1)CCC(N1CCCCC1C)C2N. The number of fused-ring (bicyclic) bond motifs is 1. The Morgan fingerprint density at radius 1 is 1.25 bits per heavy atom. The maximum atomic E-state index is 6.59. The third-order valence-electron chi connectivity index (χ3n) is 5.11. The fraction of sp³-hybridized carbons (Fsp3) is 0.647. The molecular formula is C17H26N2O. The molecule has 0 saturated carbocycles. The first-order chi connectivity index (χ1) is 9.70. The van der Waals surface area contributed by atoms with E-state index in [2.05, 4.69) is 24.0 Å². The molecular weight excluding hydrogens is 248 g/mol. The third-order valence-corrected chi connectivity index (χ3v) is 5.11. The standard InChI is InChI=1S/C17H26N2O/c1-12-5-3-4-10-19(12)16-9-6-13-11-14(20-2)7-8-15(13)17(16)18/h7-8,11-12,16-17H,3-6,9-10,18H2,1-2H3. The van der Waals surface area contributed by atoms with Gasteiger partial charge in [0.15, 0.2) is 0 Å². The molecule has 1 aliphatic heterocycles. The monoisotopic (exact) mass is 274 g/mol. The lowest BCUT2D eigenvalue weighted by Gasteiger charge is -2.44. The van der Waals surface area contributed by atoms with Gasteiger partial charge in [-0.15, -0.1) is 0 Å². The molecule has 0 bridgehead atoms. The van der Waals surface area contributed by atoms with E-state index in [0.717, 1.165) is 12.2 Å². The second-order valence-corrected chi connectivity index (χ2v) is 6.28. The Balaban J connectivity index is 1.83. The summed E-state index contributed by atoms with van der Waals surface area (Å²) in [6, 6.07) is 7.70. The molecule has 0 spiro atoms. The molecule has 0 radical (unpaired) electrons. The van der Waals surface area contributed by atoms with Crippen molar-refractivity contribution in [3.05, 3.63) is 29.3 Å². The summed E-state index contributed by atoms with van der Waals surface area (Å²) in [5.74, 6) is 0.945. The summed E-state index contributed by atoms with van der Waals surface area (Å²) in [7, 11) is 1.72. The molecule has 1 aromatic carbocycles. The van der Waals surface area contributed by atoms with Crippen molar-refractivity contribution in [3.63, 3.8) is 0 Å². The lowest BCUT2D eigenvalue weighted by molar-refractivity contribution is 0.0799. The minimum Gasteiger partial charge on any atom is -0.497 e. The highest BCUT2D eigenvalue weighted by Gasteiger charge is 2.34. The highest BCUT2D eigenvalue weighted by Crippen LogP contribution is 2.35. The number of nitrogens with zero attached hydrogens (tertiary/aromatic N) is 1. The van der Waals surface area contributed by atoms with Gasteiger partial charge < -0.3 is 10.5 Å². The number of hydrogen-bond acceptors (Lipinski definition) is 3. The highest BCUT2D eigenvalue weighted by molar-refractivity contribution is 5.40. The second kappa shape index (κ2) is 5.74. The van der Waals surface area contributed by atoms with Crippen LogP contribution in [0.3, 0.4) is 0 Å². The van der Waals surface area contributed by atoms with Gasteiger partial charge >= 0.3 is 0 Å². The Morgan fingerprint density at radius 3 is 2.85 bits per heavy atom. The zero-order valence-corrected chi connectivity index (χ0v) is 12.6. The first-order valence-corrected chi connectivity index (χ1v) is 7.89. The number of aryl methyl sites for hydroxylation is 1. The topological polar surface area (TPSA) is 38.5 Å². The fourth-order valence-electron chi connectivity index (χ4n) is 3.93. The van der Waals surface area contributed by atoms with Gasteiger partial charge in [0.2, 0.25) is 0 Å². The average molecular weight is 274 g/mol. The molecule has 3 heteroatoms. The van der Waals surface area contributed by atoms with Crippen molar-refractivity contribution in [1.29, 1.82) is 0 Å². The first kappa shape index (κ1) is 13.9. The molecule has 3 rings (SSSR count). The predicted octanol–water partition coefficient (Wildman–Crippen LogP) is 2.88. The molecule has 1 aliphatic carbocycles. The van der Waals surface area contributed by atoms with Gasteiger partial charge in [-0.05, 0) is 62.4 Å². The number of ether oxygens (including phenoxy) is 1. The predicted molar refractivity (Wildman–Crippen MR) is 82.1 cm³/mol. The van der Waals surface area contributed by atoms with Crippen LogP contribution < -0.4 is 10.5 Å². The summed E-state index contributed by atoms with van der Waals surface area (Å²) in [5.41, 5.74) is 9.28. The van der Waals surface area contributed by atoms with Crippen LogP contribution in [0.15, 0.2) is 18.2 Å². The van der Waals surface area contributed by atoms with Crippen molar-refractivity contribution in [1.82, 2.24) is 4.90 Å². The largest absolute Gasteiger partial charge is 0.497 e. The molecule has 2 N–H and O–H groups in total. The number of rotatable bonds is 2. The molecule has 1 heterocycles. The number of piperidine rings is 1. The van der Waals surface area contributed by atoms with Crippen molar-refractivity contribution in [2.75, 3.05) is 13.7 Å². The summed E-state index contributed by atoms with van der Waals surface area (Å²) in [6.07, 6.45) is 6.30. The van der Waals surface area contributed by atoms with Crippen molar-refractivity contribution in [2.45, 2.75) is 57.2 Å². The van der Waals surface area contributed by atoms with Gasteiger partial charge in [-0.1, -0.05) is 12.5 Å². The van der Waals surface area contributed by atoms with Crippen LogP contribution in [0.2, 0.25) is 0 Å². The molecule has 1 aromatic rings. The lowest BCUT2D eigenvalue weighted by Crippen LogP contribution is -2.51. The van der Waals surface area contributed by atoms with E-state index < -0.39 is 0 Å². The van der Waals surface area contributed by atoms with Crippen molar-refractivity contribution in [2.24, 2.45) is 5.73 Å². The van der Waals surface area contributed by atoms with E-state index in [1.807, 2.05) is 6.07 Å². The van der Waals surface area contributed by atoms with Crippen LogP contribution in [-0.2, 0) is 6.42 Å². The van der Waals surface area contributed by atoms with Gasteiger partial charge in [0.1, 0.15) is 5.75 Å². The Morgan fingerprint density at radius 2 is 2.10 bits per heavy atom. The number of hydrogen-bond donors (Lipinski definition) is 1. The average Bonchev–Trinajstić information content (AvgIpc) is 2.48. The molecule has 3 unspecified atom stereocenters. The number of likely N-dealkylation sites (tertiary alicyclic amines) is 1. The minimum atomic E-state index is 0.144. The molecule has 110 valence electrons. The van der Waals surface area contributed by atoms with Crippen LogP contribution in [0.1, 0.15) is 49.8 Å². The second-order valence-electron chi connectivity index (χ2n) is 6.28. The normalized spacial score (nSPS) is 30.9. The smallest absolute Gasteiger partial charge is 0.119 e. The quantitative estimate of drug-likeness (QED) is 0.901. The van der Waals surface area contributed by atoms with E-state index in [1.165, 1.54) is 43.4 Å². The maximum absolute atomic E-state index is 6.59. The highest BCUT2D eigenvalue weighted by atomic mass is 16.5. The van der Waals surface area contributed by atoms with Gasteiger partial charge in [0.25, 0.3) is 0 Å². The Bertz CT molecular complexity index is 474. The van der Waals surface area contributed by atoms with Crippen molar-refractivity contribution in [3.8, 4) is 5.75 Å². The zero-order chi connectivity index (χ0) is 14.1. The van der Waals surface area contributed by atoms with Crippen LogP contribution in [0.5, 0.6) is 5.75 Å². The van der Waals surface area contributed by atoms with Gasteiger partial charge in [0, 0.05) is 18.1 Å². The Labute approximate surface area is 122 Å². The van der Waals surface area contributed by atoms with Crippen LogP contribution in [0.25, 0.3) is 0 Å². The molecule has 3 nitrogen and oxygen atoms in total. The lowest BCUT2D eigenvalue weighted by atomic mass is 9.82. The minimum absolute atomic E-state index is 0.144. The summed E-state index contributed by atoms with van der Waals surface area (Å²) < 4.78 is 5.32. The van der Waals surface area contributed by atoms with Crippen LogP contribution in [0.4, 0.5) is 0 Å². The van der Waals surface area contributed by atoms with Gasteiger partial charge in [-0.25, -0.2) is 0 Å². The van der Waals surface area contributed by atoms with E-state index in [1.54, 1.807) is 7.11 Å². The van der Waals surface area contributed by atoms with Gasteiger partial charge in [-0.3, -0.25) is 4.90 Å². The first-order valence-electron chi connectivity index (χ1n) is 7.89. The number of nitrogens with two attached hydrogens (primary N) is 1. The molecule has 2 aliphatic rings.